The smallest absolute Gasteiger partial charge is 0.213 e. The number of piperidine rings is 1. The lowest BCUT2D eigenvalue weighted by molar-refractivity contribution is -0.686. The highest BCUT2D eigenvalue weighted by Crippen LogP contribution is 2.40. The molecule has 3 heterocycles. The number of aliphatic hydroxyl groups excluding tert-OH is 1. The Balaban J connectivity index is 1.47. The first-order chi connectivity index (χ1) is 16.6. The average Bonchev–Trinajstić information content (AvgIpc) is 2.87. The molecule has 0 amide bonds. The second kappa shape index (κ2) is 9.68. The largest absolute Gasteiger partial charge is 0.493 e. The Labute approximate surface area is 200 Å². The standard InChI is InChI=1S/C27H33N2O5/c1-31-24-5-4-18-14-23-21-16-26(33-3)25(32-2)15-19(21)6-11-29(23)17-22(18)27(24)34-13-12-28-9-7-20(30)8-10-28/h4-5,14-17,20,30H,6-13H2,1-3H3/q+1. The van der Waals surface area contributed by atoms with E-state index in [2.05, 4.69) is 39.9 Å². The summed E-state index contributed by atoms with van der Waals surface area (Å²) in [7, 11) is 5.03. The molecule has 180 valence electrons. The first kappa shape index (κ1) is 22.7. The fourth-order valence-corrected chi connectivity index (χ4v) is 5.06. The minimum Gasteiger partial charge on any atom is -0.493 e. The summed E-state index contributed by atoms with van der Waals surface area (Å²) in [6, 6.07) is 10.4. The van der Waals surface area contributed by atoms with Crippen molar-refractivity contribution in [2.45, 2.75) is 31.9 Å². The van der Waals surface area contributed by atoms with Crippen molar-refractivity contribution in [3.05, 3.63) is 42.1 Å². The molecule has 1 aromatic heterocycles. The number of ether oxygens (including phenoxy) is 4. The molecule has 0 spiro atoms. The minimum atomic E-state index is -0.162. The van der Waals surface area contributed by atoms with Crippen LogP contribution in [0.5, 0.6) is 23.0 Å². The van der Waals surface area contributed by atoms with E-state index in [0.29, 0.717) is 6.61 Å². The van der Waals surface area contributed by atoms with Crippen LogP contribution in [0.25, 0.3) is 22.0 Å². The topological polar surface area (TPSA) is 64.3 Å². The van der Waals surface area contributed by atoms with Crippen molar-refractivity contribution in [1.29, 1.82) is 0 Å². The Bertz CT molecular complexity index is 1190. The van der Waals surface area contributed by atoms with Crippen molar-refractivity contribution in [2.75, 3.05) is 47.6 Å². The quantitative estimate of drug-likeness (QED) is 0.541. The van der Waals surface area contributed by atoms with E-state index in [1.54, 1.807) is 21.3 Å². The number of nitrogens with zero attached hydrogens (tertiary/aromatic N) is 2. The number of fused-ring (bicyclic) bond motifs is 4. The van der Waals surface area contributed by atoms with Crippen LogP contribution in [-0.2, 0) is 13.0 Å². The van der Waals surface area contributed by atoms with Crippen molar-refractivity contribution in [2.24, 2.45) is 0 Å². The van der Waals surface area contributed by atoms with Crippen LogP contribution in [0, 0.1) is 0 Å². The number of pyridine rings is 1. The van der Waals surface area contributed by atoms with E-state index in [4.69, 9.17) is 18.9 Å². The molecule has 3 aromatic rings. The number of likely N-dealkylation sites (tertiary alicyclic amines) is 1. The molecule has 34 heavy (non-hydrogen) atoms. The molecule has 0 bridgehead atoms. The molecule has 1 N–H and O–H groups in total. The summed E-state index contributed by atoms with van der Waals surface area (Å²) in [5, 5.41) is 11.9. The fraction of sp³-hybridized carbons (Fsp3) is 0.444. The first-order valence-electron chi connectivity index (χ1n) is 11.9. The van der Waals surface area contributed by atoms with Gasteiger partial charge in [-0.2, -0.15) is 4.57 Å². The molecule has 2 aromatic carbocycles. The maximum Gasteiger partial charge on any atom is 0.213 e. The SMILES string of the molecule is COc1cc2c(cc1OC)-c1cc3ccc(OC)c(OCCN4CCC(O)CC4)c3c[n+]1CC2. The second-order valence-electron chi connectivity index (χ2n) is 8.99. The highest BCUT2D eigenvalue weighted by molar-refractivity contribution is 5.91. The van der Waals surface area contributed by atoms with Crippen molar-refractivity contribution in [1.82, 2.24) is 4.90 Å². The van der Waals surface area contributed by atoms with Gasteiger partial charge in [-0.1, -0.05) is 0 Å². The van der Waals surface area contributed by atoms with Gasteiger partial charge >= 0.3 is 0 Å². The number of benzene rings is 2. The Morgan fingerprint density at radius 3 is 2.44 bits per heavy atom. The molecule has 0 saturated carbocycles. The van der Waals surface area contributed by atoms with E-state index in [-0.39, 0.29) is 6.10 Å². The second-order valence-corrected chi connectivity index (χ2v) is 8.99. The van der Waals surface area contributed by atoms with Gasteiger partial charge in [-0.15, -0.1) is 0 Å². The van der Waals surface area contributed by atoms with Crippen LogP contribution in [0.15, 0.2) is 36.5 Å². The van der Waals surface area contributed by atoms with Crippen LogP contribution in [0.2, 0.25) is 0 Å². The summed E-state index contributed by atoms with van der Waals surface area (Å²) in [5.41, 5.74) is 3.57. The number of rotatable bonds is 7. The van der Waals surface area contributed by atoms with Gasteiger partial charge in [0.25, 0.3) is 0 Å². The van der Waals surface area contributed by atoms with Crippen LogP contribution in [0.4, 0.5) is 0 Å². The highest BCUT2D eigenvalue weighted by atomic mass is 16.5. The van der Waals surface area contributed by atoms with E-state index in [1.165, 1.54) is 5.56 Å². The Kier molecular flexibility index (Phi) is 6.48. The van der Waals surface area contributed by atoms with Gasteiger partial charge in [-0.25, -0.2) is 0 Å². The van der Waals surface area contributed by atoms with Gasteiger partial charge in [0.15, 0.2) is 35.7 Å². The van der Waals surface area contributed by atoms with Crippen LogP contribution < -0.4 is 23.5 Å². The molecule has 2 aliphatic rings. The van der Waals surface area contributed by atoms with E-state index in [0.717, 1.165) is 90.5 Å². The summed E-state index contributed by atoms with van der Waals surface area (Å²) in [4.78, 5) is 2.35. The molecular weight excluding hydrogens is 432 g/mol. The fourth-order valence-electron chi connectivity index (χ4n) is 5.06. The zero-order chi connectivity index (χ0) is 23.7. The molecule has 5 rings (SSSR count). The van der Waals surface area contributed by atoms with E-state index < -0.39 is 0 Å². The molecule has 7 nitrogen and oxygen atoms in total. The molecule has 0 unspecified atom stereocenters. The lowest BCUT2D eigenvalue weighted by atomic mass is 9.95. The zero-order valence-corrected chi connectivity index (χ0v) is 20.2. The third-order valence-electron chi connectivity index (χ3n) is 7.02. The Morgan fingerprint density at radius 1 is 0.971 bits per heavy atom. The molecule has 0 atom stereocenters. The maximum atomic E-state index is 9.74. The maximum absolute atomic E-state index is 9.74. The number of hydrogen-bond donors (Lipinski definition) is 1. The van der Waals surface area contributed by atoms with Gasteiger partial charge in [-0.3, -0.25) is 4.90 Å². The molecule has 1 fully saturated rings. The summed E-state index contributed by atoms with van der Waals surface area (Å²) < 4.78 is 25.3. The molecule has 1 saturated heterocycles. The molecular formula is C27H33N2O5+. The number of hydrogen-bond acceptors (Lipinski definition) is 6. The zero-order valence-electron chi connectivity index (χ0n) is 20.2. The Morgan fingerprint density at radius 2 is 1.71 bits per heavy atom. The van der Waals surface area contributed by atoms with Crippen LogP contribution in [0.3, 0.4) is 0 Å². The number of aryl methyl sites for hydroxylation is 2. The summed E-state index contributed by atoms with van der Waals surface area (Å²) in [5.74, 6) is 3.02. The summed E-state index contributed by atoms with van der Waals surface area (Å²) in [6.07, 6.45) is 4.60. The summed E-state index contributed by atoms with van der Waals surface area (Å²) >= 11 is 0. The van der Waals surface area contributed by atoms with Gasteiger partial charge < -0.3 is 24.1 Å². The van der Waals surface area contributed by atoms with E-state index >= 15 is 0 Å². The average molecular weight is 466 g/mol. The van der Waals surface area contributed by atoms with Crippen molar-refractivity contribution in [3.63, 3.8) is 0 Å². The number of aliphatic hydroxyl groups is 1. The summed E-state index contributed by atoms with van der Waals surface area (Å²) in [6.45, 7) is 4.11. The van der Waals surface area contributed by atoms with Crippen molar-refractivity contribution < 1.29 is 28.6 Å². The normalized spacial score (nSPS) is 16.1. The minimum absolute atomic E-state index is 0.162. The van der Waals surface area contributed by atoms with Gasteiger partial charge in [0.05, 0.1) is 38.4 Å². The van der Waals surface area contributed by atoms with Crippen molar-refractivity contribution in [3.8, 4) is 34.3 Å². The third kappa shape index (κ3) is 4.26. The lowest BCUT2D eigenvalue weighted by Crippen LogP contribution is -2.40. The Hall–Kier alpha value is -3.03. The highest BCUT2D eigenvalue weighted by Gasteiger charge is 2.27. The van der Waals surface area contributed by atoms with Crippen molar-refractivity contribution >= 4 is 10.8 Å². The van der Waals surface area contributed by atoms with Crippen LogP contribution in [-0.4, -0.2) is 63.7 Å². The van der Waals surface area contributed by atoms with E-state index in [1.807, 2.05) is 6.07 Å². The van der Waals surface area contributed by atoms with Gasteiger partial charge in [0.1, 0.15) is 6.61 Å². The lowest BCUT2D eigenvalue weighted by Gasteiger charge is -2.29. The van der Waals surface area contributed by atoms with E-state index in [9.17, 15) is 5.11 Å². The first-order valence-corrected chi connectivity index (χ1v) is 11.9. The van der Waals surface area contributed by atoms with Gasteiger partial charge in [0.2, 0.25) is 5.69 Å². The predicted octanol–water partition coefficient (Wildman–Crippen LogP) is 3.21. The number of methoxy groups -OCH3 is 3. The van der Waals surface area contributed by atoms with Crippen LogP contribution >= 0.6 is 0 Å². The molecule has 2 aliphatic heterocycles. The monoisotopic (exact) mass is 465 g/mol. The van der Waals surface area contributed by atoms with Gasteiger partial charge in [0, 0.05) is 32.1 Å². The third-order valence-corrected chi connectivity index (χ3v) is 7.02. The van der Waals surface area contributed by atoms with Gasteiger partial charge in [-0.05, 0) is 48.1 Å². The molecule has 0 radical (unpaired) electrons. The number of aromatic nitrogens is 1. The molecule has 0 aliphatic carbocycles. The predicted molar refractivity (Wildman–Crippen MR) is 130 cm³/mol. The molecule has 7 heteroatoms. The van der Waals surface area contributed by atoms with Crippen LogP contribution in [0.1, 0.15) is 18.4 Å².